The molecule has 1 nitrogen and oxygen atoms in total. The van der Waals surface area contributed by atoms with Crippen molar-refractivity contribution in [3.05, 3.63) is 52.6 Å². The molecule has 0 aromatic heterocycles. The third kappa shape index (κ3) is 3.98. The van der Waals surface area contributed by atoms with Crippen LogP contribution < -0.4 is 0 Å². The van der Waals surface area contributed by atoms with Crippen molar-refractivity contribution in [3.8, 4) is 0 Å². The second-order valence-corrected chi connectivity index (χ2v) is 9.64. The summed E-state index contributed by atoms with van der Waals surface area (Å²) in [7, 11) is 0. The van der Waals surface area contributed by atoms with Gasteiger partial charge >= 0.3 is 0 Å². The van der Waals surface area contributed by atoms with Crippen LogP contribution in [0.15, 0.2) is 35.4 Å². The van der Waals surface area contributed by atoms with Crippen LogP contribution in [-0.2, 0) is 10.8 Å². The van der Waals surface area contributed by atoms with Gasteiger partial charge in [0.25, 0.3) is 0 Å². The maximum atomic E-state index is 4.84. The average Bonchev–Trinajstić information content (AvgIpc) is 2.62. The maximum absolute atomic E-state index is 4.84. The third-order valence-electron chi connectivity index (χ3n) is 6.55. The molecule has 1 heterocycles. The highest BCUT2D eigenvalue weighted by molar-refractivity contribution is 5.84. The summed E-state index contributed by atoms with van der Waals surface area (Å²) < 4.78 is 0. The number of nitrogens with zero attached hydrogens (tertiary/aromatic N) is 1. The molecule has 0 spiro atoms. The Bertz CT molecular complexity index is 789. The molecule has 1 aliphatic heterocycles. The number of benzene rings is 1. The Morgan fingerprint density at radius 2 is 1.44 bits per heavy atom. The number of hydrogen-bond donors (Lipinski definition) is 0. The van der Waals surface area contributed by atoms with Gasteiger partial charge in [-0.3, -0.25) is 4.99 Å². The summed E-state index contributed by atoms with van der Waals surface area (Å²) in [4.78, 5) is 4.84. The van der Waals surface area contributed by atoms with E-state index in [-0.39, 0.29) is 16.4 Å². The molecule has 0 bridgehead atoms. The number of rotatable bonds is 2. The molecule has 27 heavy (non-hydrogen) atoms. The highest BCUT2D eigenvalue weighted by Gasteiger charge is 2.38. The van der Waals surface area contributed by atoms with Crippen LogP contribution in [0.2, 0.25) is 0 Å². The zero-order chi connectivity index (χ0) is 20.6. The molecule has 0 N–H and O–H groups in total. The van der Waals surface area contributed by atoms with Crippen LogP contribution >= 0.6 is 0 Å². The van der Waals surface area contributed by atoms with Gasteiger partial charge in [0.15, 0.2) is 0 Å². The molecule has 0 amide bonds. The third-order valence-corrected chi connectivity index (χ3v) is 6.55. The highest BCUT2D eigenvalue weighted by Crippen LogP contribution is 2.48. The highest BCUT2D eigenvalue weighted by atomic mass is 14.9. The second-order valence-electron chi connectivity index (χ2n) is 9.64. The van der Waals surface area contributed by atoms with E-state index in [1.807, 2.05) is 20.1 Å². The Balaban J connectivity index is 0.00000126. The summed E-state index contributed by atoms with van der Waals surface area (Å²) in [6.07, 6.45) is 7.69. The summed E-state index contributed by atoms with van der Waals surface area (Å²) >= 11 is 0. The lowest BCUT2D eigenvalue weighted by Crippen LogP contribution is -2.34. The molecular formula is C26H39N. The molecule has 1 atom stereocenters. The van der Waals surface area contributed by atoms with Crippen molar-refractivity contribution in [1.29, 1.82) is 0 Å². The molecule has 1 aliphatic carbocycles. The minimum atomic E-state index is -0.229. The lowest BCUT2D eigenvalue weighted by atomic mass is 9.62. The van der Waals surface area contributed by atoms with Crippen molar-refractivity contribution >= 4 is 11.8 Å². The van der Waals surface area contributed by atoms with Crippen LogP contribution in [0.1, 0.15) is 96.9 Å². The van der Waals surface area contributed by atoms with E-state index >= 15 is 0 Å². The standard InChI is InChI=1S/C24H33N.C2H6/c1-16-9-10-24(8,25-15-16)18(3)19-14-21-20(13-17(19)2)22(4,5)11-12-23(21,6)7;1-2/h9,13-15H,3,10-12H2,1-2,4-8H3;1-2H3. The molecule has 1 aromatic carbocycles. The number of allylic oxidation sites excluding steroid dienone is 1. The Morgan fingerprint density at radius 3 is 1.93 bits per heavy atom. The van der Waals surface area contributed by atoms with Crippen LogP contribution in [0.4, 0.5) is 0 Å². The van der Waals surface area contributed by atoms with E-state index in [2.05, 4.69) is 73.3 Å². The fourth-order valence-electron chi connectivity index (χ4n) is 4.25. The Morgan fingerprint density at radius 1 is 0.926 bits per heavy atom. The number of aryl methyl sites for hydroxylation is 1. The predicted octanol–water partition coefficient (Wildman–Crippen LogP) is 7.56. The molecule has 148 valence electrons. The molecular weight excluding hydrogens is 326 g/mol. The molecule has 1 heteroatoms. The summed E-state index contributed by atoms with van der Waals surface area (Å²) in [5, 5.41) is 0. The quantitative estimate of drug-likeness (QED) is 0.512. The second kappa shape index (κ2) is 7.41. The number of fused-ring (bicyclic) bond motifs is 1. The molecule has 0 radical (unpaired) electrons. The Hall–Kier alpha value is -1.63. The predicted molar refractivity (Wildman–Crippen MR) is 122 cm³/mol. The van der Waals surface area contributed by atoms with Crippen LogP contribution in [-0.4, -0.2) is 11.8 Å². The van der Waals surface area contributed by atoms with Gasteiger partial charge in [-0.1, -0.05) is 66.3 Å². The fourth-order valence-corrected chi connectivity index (χ4v) is 4.25. The normalized spacial score (nSPS) is 25.0. The lowest BCUT2D eigenvalue weighted by molar-refractivity contribution is 0.331. The van der Waals surface area contributed by atoms with E-state index in [4.69, 9.17) is 4.99 Å². The van der Waals surface area contributed by atoms with Crippen molar-refractivity contribution in [1.82, 2.24) is 0 Å². The van der Waals surface area contributed by atoms with Crippen LogP contribution in [0.25, 0.3) is 5.57 Å². The zero-order valence-corrected chi connectivity index (χ0v) is 19.1. The Kier molecular flexibility index (Phi) is 5.95. The molecule has 3 rings (SSSR count). The summed E-state index contributed by atoms with van der Waals surface area (Å²) in [5.74, 6) is 0. The molecule has 0 saturated heterocycles. The van der Waals surface area contributed by atoms with E-state index in [1.54, 1.807) is 0 Å². The van der Waals surface area contributed by atoms with E-state index in [1.165, 1.54) is 40.7 Å². The molecule has 1 aromatic rings. The van der Waals surface area contributed by atoms with Gasteiger partial charge in [-0.25, -0.2) is 0 Å². The smallest absolute Gasteiger partial charge is 0.0863 e. The van der Waals surface area contributed by atoms with Gasteiger partial charge in [-0.05, 0) is 84.3 Å². The number of hydrogen-bond acceptors (Lipinski definition) is 1. The Labute approximate surface area is 167 Å². The van der Waals surface area contributed by atoms with Gasteiger partial charge in [0, 0.05) is 6.21 Å². The van der Waals surface area contributed by atoms with Gasteiger partial charge in [-0.15, -0.1) is 0 Å². The first-order chi connectivity index (χ1) is 12.5. The van der Waals surface area contributed by atoms with Crippen LogP contribution in [0.3, 0.4) is 0 Å². The van der Waals surface area contributed by atoms with Gasteiger partial charge in [0.05, 0.1) is 5.54 Å². The van der Waals surface area contributed by atoms with Gasteiger partial charge in [-0.2, -0.15) is 0 Å². The van der Waals surface area contributed by atoms with E-state index in [9.17, 15) is 0 Å². The molecule has 2 aliphatic rings. The van der Waals surface area contributed by atoms with E-state index in [0.29, 0.717) is 0 Å². The average molecular weight is 366 g/mol. The van der Waals surface area contributed by atoms with Crippen molar-refractivity contribution in [2.45, 2.75) is 97.9 Å². The van der Waals surface area contributed by atoms with Crippen molar-refractivity contribution in [2.24, 2.45) is 4.99 Å². The topological polar surface area (TPSA) is 12.4 Å². The van der Waals surface area contributed by atoms with E-state index < -0.39 is 0 Å². The van der Waals surface area contributed by atoms with Gasteiger partial charge < -0.3 is 0 Å². The lowest BCUT2D eigenvalue weighted by Gasteiger charge is -2.43. The fraction of sp³-hybridized carbons (Fsp3) is 0.577. The SMILES string of the molecule is C=C(c1cc2c(cc1C)C(C)(C)CCC2(C)C)C1(C)CC=C(C)C=N1.CC. The summed E-state index contributed by atoms with van der Waals surface area (Å²) in [5.41, 5.74) is 8.28. The number of aliphatic imine (C=N–C) groups is 1. The summed E-state index contributed by atoms with van der Waals surface area (Å²) in [6, 6.07) is 4.85. The monoisotopic (exact) mass is 365 g/mol. The zero-order valence-electron chi connectivity index (χ0n) is 19.1. The largest absolute Gasteiger partial charge is 0.281 e. The first kappa shape index (κ1) is 21.7. The summed E-state index contributed by atoms with van der Waals surface area (Å²) in [6.45, 7) is 24.6. The number of dihydropyridines is 1. The van der Waals surface area contributed by atoms with Crippen LogP contribution in [0.5, 0.6) is 0 Å². The van der Waals surface area contributed by atoms with Gasteiger partial charge in [0.2, 0.25) is 0 Å². The minimum Gasteiger partial charge on any atom is -0.281 e. The van der Waals surface area contributed by atoms with Crippen LogP contribution in [0, 0.1) is 6.92 Å². The molecule has 0 saturated carbocycles. The maximum Gasteiger partial charge on any atom is 0.0863 e. The van der Waals surface area contributed by atoms with Crippen molar-refractivity contribution in [3.63, 3.8) is 0 Å². The molecule has 0 fully saturated rings. The van der Waals surface area contributed by atoms with Crippen molar-refractivity contribution < 1.29 is 0 Å². The van der Waals surface area contributed by atoms with Crippen molar-refractivity contribution in [2.75, 3.05) is 0 Å². The van der Waals surface area contributed by atoms with E-state index in [0.717, 1.165) is 12.0 Å². The minimum absolute atomic E-state index is 0.223. The molecule has 1 unspecified atom stereocenters. The first-order valence-corrected chi connectivity index (χ1v) is 10.5. The first-order valence-electron chi connectivity index (χ1n) is 10.5. The van der Waals surface area contributed by atoms with Gasteiger partial charge in [0.1, 0.15) is 0 Å².